The molecule has 4 rings (SSSR count). The van der Waals surface area contributed by atoms with Crippen LogP contribution in [0.1, 0.15) is 18.5 Å². The molecule has 2 atom stereocenters. The zero-order chi connectivity index (χ0) is 14.9. The highest BCUT2D eigenvalue weighted by Gasteiger charge is 2.31. The Morgan fingerprint density at radius 3 is 2.73 bits per heavy atom. The lowest BCUT2D eigenvalue weighted by molar-refractivity contribution is -0.130. The molecule has 22 heavy (non-hydrogen) atoms. The molecule has 1 N–H and O–H groups in total. The van der Waals surface area contributed by atoms with Crippen LogP contribution in [-0.4, -0.2) is 46.4 Å². The summed E-state index contributed by atoms with van der Waals surface area (Å²) in [5.74, 6) is 1.73. The predicted molar refractivity (Wildman–Crippen MR) is 84.6 cm³/mol. The van der Waals surface area contributed by atoms with Crippen LogP contribution in [0.3, 0.4) is 0 Å². The van der Waals surface area contributed by atoms with Gasteiger partial charge < -0.3 is 14.6 Å². The number of hydrogen-bond donors (Lipinski definition) is 1. The zero-order valence-corrected chi connectivity index (χ0v) is 12.7. The summed E-state index contributed by atoms with van der Waals surface area (Å²) in [6.45, 7) is 4.04. The van der Waals surface area contributed by atoms with E-state index in [0.717, 1.165) is 62.2 Å². The first kappa shape index (κ1) is 13.8. The summed E-state index contributed by atoms with van der Waals surface area (Å²) < 4.78 is 1.97. The normalized spacial score (nSPS) is 25.2. The van der Waals surface area contributed by atoms with Crippen LogP contribution in [0.25, 0.3) is 5.65 Å². The van der Waals surface area contributed by atoms with Crippen LogP contribution in [0.5, 0.6) is 0 Å². The van der Waals surface area contributed by atoms with Crippen LogP contribution >= 0.6 is 0 Å². The van der Waals surface area contributed by atoms with Gasteiger partial charge in [0.1, 0.15) is 5.65 Å². The van der Waals surface area contributed by atoms with Gasteiger partial charge in [0.05, 0.1) is 12.1 Å². The first-order chi connectivity index (χ1) is 10.8. The van der Waals surface area contributed by atoms with Gasteiger partial charge in [-0.3, -0.25) is 4.79 Å². The Balaban J connectivity index is 1.43. The van der Waals surface area contributed by atoms with Crippen LogP contribution < -0.4 is 5.32 Å². The van der Waals surface area contributed by atoms with Crippen molar-refractivity contribution in [2.75, 3.05) is 26.2 Å². The molecule has 0 spiro atoms. The third kappa shape index (κ3) is 2.61. The summed E-state index contributed by atoms with van der Waals surface area (Å²) in [5.41, 5.74) is 1.77. The van der Waals surface area contributed by atoms with Crippen molar-refractivity contribution in [3.05, 3.63) is 36.3 Å². The molecule has 2 aliphatic heterocycles. The van der Waals surface area contributed by atoms with Crippen LogP contribution in [0.15, 0.2) is 30.6 Å². The molecule has 5 heteroatoms. The maximum absolute atomic E-state index is 12.6. The van der Waals surface area contributed by atoms with Gasteiger partial charge in [0.15, 0.2) is 0 Å². The van der Waals surface area contributed by atoms with Crippen LogP contribution in [0.2, 0.25) is 0 Å². The number of carbonyl (C=O) groups is 1. The maximum atomic E-state index is 12.6. The largest absolute Gasteiger partial charge is 0.342 e. The predicted octanol–water partition coefficient (Wildman–Crippen LogP) is 1.33. The van der Waals surface area contributed by atoms with Crippen molar-refractivity contribution in [2.24, 2.45) is 11.8 Å². The highest BCUT2D eigenvalue weighted by atomic mass is 16.2. The van der Waals surface area contributed by atoms with Gasteiger partial charge in [-0.2, -0.15) is 0 Å². The molecule has 0 saturated carbocycles. The van der Waals surface area contributed by atoms with Crippen molar-refractivity contribution in [3.8, 4) is 0 Å². The summed E-state index contributed by atoms with van der Waals surface area (Å²) in [5, 5.41) is 3.47. The number of aromatic nitrogens is 2. The second kappa shape index (κ2) is 5.72. The number of carbonyl (C=O) groups excluding carboxylic acids is 1. The van der Waals surface area contributed by atoms with E-state index in [1.165, 1.54) is 0 Å². The van der Waals surface area contributed by atoms with Crippen molar-refractivity contribution < 1.29 is 4.79 Å². The highest BCUT2D eigenvalue weighted by Crippen LogP contribution is 2.27. The lowest BCUT2D eigenvalue weighted by atomic mass is 9.92. The first-order valence-electron chi connectivity index (χ1n) is 8.21. The van der Waals surface area contributed by atoms with Crippen molar-refractivity contribution in [1.82, 2.24) is 19.6 Å². The quantitative estimate of drug-likeness (QED) is 0.910. The molecule has 2 aromatic heterocycles. The molecule has 4 heterocycles. The summed E-state index contributed by atoms with van der Waals surface area (Å²) in [7, 11) is 0. The van der Waals surface area contributed by atoms with Gasteiger partial charge in [-0.05, 0) is 49.9 Å². The Labute approximate surface area is 130 Å². The van der Waals surface area contributed by atoms with E-state index in [4.69, 9.17) is 0 Å². The molecule has 5 nitrogen and oxygen atoms in total. The molecule has 0 aromatic carbocycles. The Bertz CT molecular complexity index is 633. The molecule has 0 unspecified atom stereocenters. The molecule has 2 aliphatic rings. The molecule has 0 bridgehead atoms. The first-order valence-corrected chi connectivity index (χ1v) is 8.21. The van der Waals surface area contributed by atoms with Gasteiger partial charge in [-0.15, -0.1) is 0 Å². The summed E-state index contributed by atoms with van der Waals surface area (Å²) in [6.07, 6.45) is 6.61. The Kier molecular flexibility index (Phi) is 3.58. The number of likely N-dealkylation sites (tertiary alicyclic amines) is 1. The number of rotatable bonds is 2. The van der Waals surface area contributed by atoms with Gasteiger partial charge in [0.2, 0.25) is 5.91 Å². The van der Waals surface area contributed by atoms with Gasteiger partial charge >= 0.3 is 0 Å². The second-order valence-corrected chi connectivity index (χ2v) is 6.51. The second-order valence-electron chi connectivity index (χ2n) is 6.51. The molecule has 0 radical (unpaired) electrons. The van der Waals surface area contributed by atoms with E-state index in [9.17, 15) is 4.79 Å². The fraction of sp³-hybridized carbons (Fsp3) is 0.529. The minimum absolute atomic E-state index is 0.219. The smallest absolute Gasteiger partial charge is 0.228 e. The third-order valence-electron chi connectivity index (χ3n) is 5.12. The van der Waals surface area contributed by atoms with E-state index in [2.05, 4.69) is 10.3 Å². The van der Waals surface area contributed by atoms with Crippen LogP contribution in [0.4, 0.5) is 0 Å². The fourth-order valence-electron chi connectivity index (χ4n) is 3.81. The number of nitrogens with zero attached hydrogens (tertiary/aromatic N) is 3. The number of amides is 1. The van der Waals surface area contributed by atoms with E-state index in [0.29, 0.717) is 6.42 Å². The Morgan fingerprint density at radius 2 is 2.00 bits per heavy atom. The number of nitrogens with one attached hydrogen (secondary N) is 1. The number of hydrogen-bond acceptors (Lipinski definition) is 3. The van der Waals surface area contributed by atoms with Crippen molar-refractivity contribution in [2.45, 2.75) is 19.3 Å². The minimum atomic E-state index is 0.219. The fourth-order valence-corrected chi connectivity index (χ4v) is 3.81. The molecule has 0 aliphatic carbocycles. The third-order valence-corrected chi connectivity index (χ3v) is 5.12. The van der Waals surface area contributed by atoms with Crippen molar-refractivity contribution in [1.29, 1.82) is 0 Å². The lowest BCUT2D eigenvalue weighted by Crippen LogP contribution is -2.34. The zero-order valence-electron chi connectivity index (χ0n) is 12.7. The van der Waals surface area contributed by atoms with Crippen LogP contribution in [-0.2, 0) is 11.2 Å². The van der Waals surface area contributed by atoms with Gasteiger partial charge in [-0.25, -0.2) is 4.98 Å². The van der Waals surface area contributed by atoms with Crippen LogP contribution in [0, 0.1) is 11.8 Å². The monoisotopic (exact) mass is 298 g/mol. The summed E-state index contributed by atoms with van der Waals surface area (Å²) in [4.78, 5) is 19.2. The highest BCUT2D eigenvalue weighted by molar-refractivity contribution is 5.78. The molecule has 1 amide bonds. The van der Waals surface area contributed by atoms with Gasteiger partial charge in [0.25, 0.3) is 0 Å². The Morgan fingerprint density at radius 1 is 1.23 bits per heavy atom. The minimum Gasteiger partial charge on any atom is -0.342 e. The standard InChI is InChI=1S/C17H22N4O/c22-17(9-15-12-21-6-2-1-3-16(21)19-15)20-7-4-13-10-18-11-14(13)5-8-20/h1-3,6,12-14,18H,4-5,7-11H2/t13-,14+. The molecule has 2 fully saturated rings. The average Bonchev–Trinajstić information content (AvgIpc) is 3.08. The molecule has 2 aromatic rings. The number of imidazole rings is 1. The van der Waals surface area contributed by atoms with E-state index in [1.54, 1.807) is 0 Å². The molecular weight excluding hydrogens is 276 g/mol. The Hall–Kier alpha value is -1.88. The van der Waals surface area contributed by atoms with Gasteiger partial charge in [0, 0.05) is 25.5 Å². The molecular formula is C17H22N4O. The molecule has 2 saturated heterocycles. The number of pyridine rings is 1. The summed E-state index contributed by atoms with van der Waals surface area (Å²) >= 11 is 0. The van der Waals surface area contributed by atoms with E-state index in [-0.39, 0.29) is 5.91 Å². The maximum Gasteiger partial charge on any atom is 0.228 e. The average molecular weight is 298 g/mol. The summed E-state index contributed by atoms with van der Waals surface area (Å²) in [6, 6.07) is 5.91. The lowest BCUT2D eigenvalue weighted by Gasteiger charge is -2.20. The topological polar surface area (TPSA) is 49.6 Å². The van der Waals surface area contributed by atoms with Gasteiger partial charge in [-0.1, -0.05) is 6.07 Å². The molecule has 116 valence electrons. The SMILES string of the molecule is O=C(Cc1cn2ccccc2n1)N1CC[C@@H]2CNC[C@@H]2CC1. The number of fused-ring (bicyclic) bond motifs is 2. The van der Waals surface area contributed by atoms with E-state index >= 15 is 0 Å². The van der Waals surface area contributed by atoms with E-state index < -0.39 is 0 Å². The van der Waals surface area contributed by atoms with Crippen molar-refractivity contribution >= 4 is 11.6 Å². The van der Waals surface area contributed by atoms with Crippen molar-refractivity contribution in [3.63, 3.8) is 0 Å². The van der Waals surface area contributed by atoms with E-state index in [1.807, 2.05) is 39.9 Å².